The molecule has 0 aliphatic heterocycles. The number of aromatic nitrogens is 2. The molecule has 0 saturated carbocycles. The maximum Gasteiger partial charge on any atom is 0.280 e. The monoisotopic (exact) mass is 240 g/mol. The Morgan fingerprint density at radius 1 is 1.64 bits per heavy atom. The van der Waals surface area contributed by atoms with Crippen LogP contribution in [0.15, 0.2) is 11.2 Å². The normalized spacial score (nSPS) is 11.9. The first-order chi connectivity index (χ1) is 6.49. The van der Waals surface area contributed by atoms with E-state index in [1.54, 1.807) is 0 Å². The smallest absolute Gasteiger partial charge is 0.280 e. The zero-order chi connectivity index (χ0) is 10.8. The number of halogens is 2. The Balaban J connectivity index is 3.13. The lowest BCUT2D eigenvalue weighted by atomic mass is 10.4. The van der Waals surface area contributed by atoms with E-state index >= 15 is 0 Å². The Morgan fingerprint density at radius 3 is 2.71 bits per heavy atom. The zero-order valence-electron chi connectivity index (χ0n) is 7.57. The molecule has 1 rings (SSSR count). The van der Waals surface area contributed by atoms with E-state index in [1.807, 2.05) is 6.92 Å². The van der Waals surface area contributed by atoms with Crippen LogP contribution >= 0.6 is 10.7 Å². The fourth-order valence-corrected chi connectivity index (χ4v) is 1.80. The van der Waals surface area contributed by atoms with Gasteiger partial charge in [0.05, 0.1) is 6.54 Å². The maximum atomic E-state index is 12.1. The van der Waals surface area contributed by atoms with Crippen LogP contribution in [-0.2, 0) is 22.0 Å². The van der Waals surface area contributed by atoms with Crippen molar-refractivity contribution in [1.29, 1.82) is 0 Å². The molecular formula is C7H10ClFN2O2S. The molecule has 0 atom stereocenters. The lowest BCUT2D eigenvalue weighted by Gasteiger charge is -2.00. The Hall–Kier alpha value is -0.620. The number of imidazole rings is 1. The van der Waals surface area contributed by atoms with Gasteiger partial charge in [-0.25, -0.2) is 17.8 Å². The predicted molar refractivity (Wildman–Crippen MR) is 50.6 cm³/mol. The van der Waals surface area contributed by atoms with Crippen LogP contribution in [0.2, 0.25) is 0 Å². The summed E-state index contributed by atoms with van der Waals surface area (Å²) in [5, 5.41) is -0.218. The van der Waals surface area contributed by atoms with E-state index in [2.05, 4.69) is 4.98 Å². The topological polar surface area (TPSA) is 52.0 Å². The van der Waals surface area contributed by atoms with E-state index in [9.17, 15) is 12.8 Å². The molecule has 0 unspecified atom stereocenters. The number of aryl methyl sites for hydroxylation is 2. The Morgan fingerprint density at radius 2 is 2.29 bits per heavy atom. The first kappa shape index (κ1) is 11.5. The SMILES string of the molecule is CCc1nc(S(=O)(=O)Cl)cn1CCF. The van der Waals surface area contributed by atoms with Crippen molar-refractivity contribution in [2.45, 2.75) is 24.9 Å². The quantitative estimate of drug-likeness (QED) is 0.747. The number of hydrogen-bond acceptors (Lipinski definition) is 3. The van der Waals surface area contributed by atoms with Crippen molar-refractivity contribution in [3.63, 3.8) is 0 Å². The van der Waals surface area contributed by atoms with E-state index in [0.717, 1.165) is 0 Å². The highest BCUT2D eigenvalue weighted by Crippen LogP contribution is 2.14. The van der Waals surface area contributed by atoms with Gasteiger partial charge in [-0.15, -0.1) is 0 Å². The molecule has 0 N–H and O–H groups in total. The second kappa shape index (κ2) is 4.27. The van der Waals surface area contributed by atoms with Crippen molar-refractivity contribution in [2.24, 2.45) is 0 Å². The summed E-state index contributed by atoms with van der Waals surface area (Å²) in [5.41, 5.74) is 0. The molecule has 0 bridgehead atoms. The number of nitrogens with zero attached hydrogens (tertiary/aromatic N) is 2. The molecule has 1 aromatic heterocycles. The number of rotatable bonds is 4. The highest BCUT2D eigenvalue weighted by molar-refractivity contribution is 8.13. The molecule has 0 saturated heterocycles. The summed E-state index contributed by atoms with van der Waals surface area (Å²) < 4.78 is 35.4. The third-order valence-electron chi connectivity index (χ3n) is 1.73. The fourth-order valence-electron chi connectivity index (χ4n) is 1.11. The average Bonchev–Trinajstić information content (AvgIpc) is 2.47. The fraction of sp³-hybridized carbons (Fsp3) is 0.571. The maximum absolute atomic E-state index is 12.1. The Kier molecular flexibility index (Phi) is 3.49. The molecule has 4 nitrogen and oxygen atoms in total. The molecule has 1 aromatic rings. The highest BCUT2D eigenvalue weighted by Gasteiger charge is 2.16. The second-order valence-electron chi connectivity index (χ2n) is 2.67. The molecule has 0 amide bonds. The first-order valence-corrected chi connectivity index (χ1v) is 6.36. The van der Waals surface area contributed by atoms with Gasteiger partial charge in [0.15, 0.2) is 5.03 Å². The summed E-state index contributed by atoms with van der Waals surface area (Å²) in [6.45, 7) is 1.34. The molecule has 0 fully saturated rings. The molecule has 80 valence electrons. The van der Waals surface area contributed by atoms with Gasteiger partial charge in [0.25, 0.3) is 9.05 Å². The van der Waals surface area contributed by atoms with Gasteiger partial charge in [0.2, 0.25) is 0 Å². The van der Waals surface area contributed by atoms with Crippen molar-refractivity contribution >= 4 is 19.7 Å². The predicted octanol–water partition coefficient (Wildman–Crippen LogP) is 1.34. The number of alkyl halides is 1. The van der Waals surface area contributed by atoms with Crippen molar-refractivity contribution in [1.82, 2.24) is 9.55 Å². The van der Waals surface area contributed by atoms with Crippen LogP contribution in [0.1, 0.15) is 12.7 Å². The lowest BCUT2D eigenvalue weighted by Crippen LogP contribution is -2.02. The first-order valence-electron chi connectivity index (χ1n) is 4.05. The van der Waals surface area contributed by atoms with Crippen molar-refractivity contribution < 1.29 is 12.8 Å². The molecule has 0 radical (unpaired) electrons. The molecule has 0 spiro atoms. The summed E-state index contributed by atoms with van der Waals surface area (Å²) in [5.74, 6) is 0.516. The van der Waals surface area contributed by atoms with Crippen molar-refractivity contribution in [3.05, 3.63) is 12.0 Å². The molecule has 0 aliphatic carbocycles. The second-order valence-corrected chi connectivity index (χ2v) is 5.18. The summed E-state index contributed by atoms with van der Waals surface area (Å²) >= 11 is 0. The van der Waals surface area contributed by atoms with Crippen LogP contribution in [0.25, 0.3) is 0 Å². The third-order valence-corrected chi connectivity index (χ3v) is 2.90. The van der Waals surface area contributed by atoms with Crippen LogP contribution in [0, 0.1) is 0 Å². The minimum Gasteiger partial charge on any atom is -0.331 e. The average molecular weight is 241 g/mol. The van der Waals surface area contributed by atoms with E-state index < -0.39 is 15.7 Å². The van der Waals surface area contributed by atoms with Crippen LogP contribution in [0.5, 0.6) is 0 Å². The number of hydrogen-bond donors (Lipinski definition) is 0. The lowest BCUT2D eigenvalue weighted by molar-refractivity contribution is 0.439. The Labute approximate surface area is 86.1 Å². The van der Waals surface area contributed by atoms with Crippen LogP contribution in [0.3, 0.4) is 0 Å². The largest absolute Gasteiger partial charge is 0.331 e. The van der Waals surface area contributed by atoms with Gasteiger partial charge in [-0.1, -0.05) is 6.92 Å². The van der Waals surface area contributed by atoms with E-state index in [4.69, 9.17) is 10.7 Å². The zero-order valence-corrected chi connectivity index (χ0v) is 9.15. The molecule has 7 heteroatoms. The minimum atomic E-state index is -3.82. The third kappa shape index (κ3) is 2.45. The van der Waals surface area contributed by atoms with Gasteiger partial charge < -0.3 is 4.57 Å². The summed E-state index contributed by atoms with van der Waals surface area (Å²) in [6.07, 6.45) is 1.78. The van der Waals surface area contributed by atoms with Crippen LogP contribution in [0.4, 0.5) is 4.39 Å². The van der Waals surface area contributed by atoms with Gasteiger partial charge in [0, 0.05) is 23.3 Å². The van der Waals surface area contributed by atoms with Gasteiger partial charge >= 0.3 is 0 Å². The Bertz CT molecular complexity index is 415. The van der Waals surface area contributed by atoms with E-state index in [0.29, 0.717) is 12.2 Å². The summed E-state index contributed by atoms with van der Waals surface area (Å²) in [7, 11) is 1.29. The standard InChI is InChI=1S/C7H10ClFN2O2S/c1-2-6-10-7(14(8,12)13)5-11(6)4-3-9/h5H,2-4H2,1H3. The van der Waals surface area contributed by atoms with Gasteiger partial charge in [-0.3, -0.25) is 0 Å². The van der Waals surface area contributed by atoms with E-state index in [-0.39, 0.29) is 11.6 Å². The minimum absolute atomic E-state index is 0.0998. The van der Waals surface area contributed by atoms with Crippen LogP contribution in [-0.4, -0.2) is 24.6 Å². The molecule has 14 heavy (non-hydrogen) atoms. The summed E-state index contributed by atoms with van der Waals surface area (Å²) in [6, 6.07) is 0. The molecular weight excluding hydrogens is 231 g/mol. The highest BCUT2D eigenvalue weighted by atomic mass is 35.7. The van der Waals surface area contributed by atoms with Crippen molar-refractivity contribution in [3.8, 4) is 0 Å². The van der Waals surface area contributed by atoms with Crippen LogP contribution < -0.4 is 0 Å². The molecule has 0 aliphatic rings. The van der Waals surface area contributed by atoms with Crippen molar-refractivity contribution in [2.75, 3.05) is 6.67 Å². The molecule has 0 aromatic carbocycles. The van der Waals surface area contributed by atoms with Gasteiger partial charge in [-0.2, -0.15) is 0 Å². The summed E-state index contributed by atoms with van der Waals surface area (Å²) in [4.78, 5) is 3.79. The van der Waals surface area contributed by atoms with E-state index in [1.165, 1.54) is 10.8 Å². The van der Waals surface area contributed by atoms with Gasteiger partial charge in [-0.05, 0) is 0 Å². The molecule has 1 heterocycles. The van der Waals surface area contributed by atoms with Gasteiger partial charge in [0.1, 0.15) is 12.5 Å².